The molecule has 1 saturated heterocycles. The molecule has 0 aliphatic carbocycles. The summed E-state index contributed by atoms with van der Waals surface area (Å²) in [5.74, 6) is -0.0650. The quantitative estimate of drug-likeness (QED) is 0.829. The van der Waals surface area contributed by atoms with E-state index in [0.717, 1.165) is 30.6 Å². The first-order valence-electron chi connectivity index (χ1n) is 6.92. The number of phenols is 1. The van der Waals surface area contributed by atoms with Crippen molar-refractivity contribution in [1.82, 2.24) is 0 Å². The van der Waals surface area contributed by atoms with Gasteiger partial charge in [-0.2, -0.15) is 0 Å². The lowest BCUT2D eigenvalue weighted by Crippen LogP contribution is -3.11. The Bertz CT molecular complexity index is 689. The van der Waals surface area contributed by atoms with Crippen molar-refractivity contribution in [2.45, 2.75) is 25.8 Å². The van der Waals surface area contributed by atoms with E-state index in [0.29, 0.717) is 5.58 Å². The van der Waals surface area contributed by atoms with Gasteiger partial charge in [0.1, 0.15) is 17.9 Å². The number of likely N-dealkylation sites (tertiary alicyclic amines) is 1. The predicted octanol–water partition coefficient (Wildman–Crippen LogP) is 1.72. The second-order valence-corrected chi connectivity index (χ2v) is 5.79. The van der Waals surface area contributed by atoms with Crippen LogP contribution in [0.5, 0.6) is 5.75 Å². The summed E-state index contributed by atoms with van der Waals surface area (Å²) in [6, 6.07) is 4.62. The van der Waals surface area contributed by atoms with E-state index in [9.17, 15) is 9.90 Å². The fraction of sp³-hybridized carbons (Fsp3) is 0.400. The third-order valence-corrected chi connectivity index (χ3v) is 4.20. The molecule has 0 amide bonds. The number of halogens is 1. The molecule has 2 aromatic rings. The molecule has 0 unspecified atom stereocenters. The molecule has 4 nitrogen and oxygen atoms in total. The number of phenolic OH excluding ortho intramolecular Hbond substituents is 1. The van der Waals surface area contributed by atoms with E-state index in [4.69, 9.17) is 16.0 Å². The van der Waals surface area contributed by atoms with Crippen molar-refractivity contribution in [2.75, 3.05) is 13.1 Å². The van der Waals surface area contributed by atoms with Crippen LogP contribution in [-0.2, 0) is 6.54 Å². The fourth-order valence-corrected chi connectivity index (χ4v) is 3.04. The largest absolute Gasteiger partial charge is 0.506 e. The molecule has 1 aromatic carbocycles. The Labute approximate surface area is 121 Å². The van der Waals surface area contributed by atoms with Gasteiger partial charge in [-0.25, -0.2) is 4.79 Å². The third kappa shape index (κ3) is 2.67. The standard InChI is InChI=1S/C15H16ClNO3/c16-12-7-11-10(9-17-4-2-1-3-5-17)6-15(19)20-14(11)8-13(12)18/h6-8,18H,1-5,9H2/p+1. The molecule has 1 aromatic heterocycles. The molecule has 2 N–H and O–H groups in total. The summed E-state index contributed by atoms with van der Waals surface area (Å²) in [5.41, 5.74) is 0.950. The minimum absolute atomic E-state index is 0.0650. The van der Waals surface area contributed by atoms with Crippen LogP contribution in [0.2, 0.25) is 5.02 Å². The molecule has 1 aliphatic heterocycles. The van der Waals surface area contributed by atoms with Crippen molar-refractivity contribution in [3.05, 3.63) is 39.2 Å². The van der Waals surface area contributed by atoms with Crippen LogP contribution in [0.15, 0.2) is 27.4 Å². The van der Waals surface area contributed by atoms with Gasteiger partial charge in [-0.3, -0.25) is 0 Å². The van der Waals surface area contributed by atoms with E-state index >= 15 is 0 Å². The second kappa shape index (κ2) is 5.46. The number of benzene rings is 1. The number of fused-ring (bicyclic) bond motifs is 1. The monoisotopic (exact) mass is 294 g/mol. The van der Waals surface area contributed by atoms with Gasteiger partial charge >= 0.3 is 5.63 Å². The topological polar surface area (TPSA) is 54.9 Å². The number of hydrogen-bond acceptors (Lipinski definition) is 3. The van der Waals surface area contributed by atoms with Crippen LogP contribution in [0.25, 0.3) is 11.0 Å². The lowest BCUT2D eigenvalue weighted by atomic mass is 10.1. The molecular weight excluding hydrogens is 278 g/mol. The average Bonchev–Trinajstić information content (AvgIpc) is 2.42. The number of aromatic hydroxyl groups is 1. The maximum atomic E-state index is 11.7. The van der Waals surface area contributed by atoms with Crippen molar-refractivity contribution < 1.29 is 14.4 Å². The molecule has 106 valence electrons. The van der Waals surface area contributed by atoms with Crippen LogP contribution < -0.4 is 10.5 Å². The van der Waals surface area contributed by atoms with Gasteiger partial charge in [0.2, 0.25) is 0 Å². The number of nitrogens with one attached hydrogen (secondary N) is 1. The Morgan fingerprint density at radius 1 is 1.20 bits per heavy atom. The van der Waals surface area contributed by atoms with Crippen molar-refractivity contribution in [2.24, 2.45) is 0 Å². The van der Waals surface area contributed by atoms with Gasteiger partial charge in [-0.15, -0.1) is 0 Å². The molecule has 5 heteroatoms. The smallest absolute Gasteiger partial charge is 0.336 e. The average molecular weight is 295 g/mol. The lowest BCUT2D eigenvalue weighted by molar-refractivity contribution is -0.918. The predicted molar refractivity (Wildman–Crippen MR) is 77.4 cm³/mol. The molecule has 3 rings (SSSR count). The van der Waals surface area contributed by atoms with E-state index in [2.05, 4.69) is 0 Å². The van der Waals surface area contributed by atoms with Crippen LogP contribution in [0.4, 0.5) is 0 Å². The molecule has 0 atom stereocenters. The van der Waals surface area contributed by atoms with Gasteiger partial charge in [-0.05, 0) is 25.3 Å². The summed E-state index contributed by atoms with van der Waals surface area (Å²) in [5, 5.41) is 10.7. The SMILES string of the molecule is O=c1cc(C[NH+]2CCCCC2)c2cc(Cl)c(O)cc2o1. The number of hydrogen-bond donors (Lipinski definition) is 2. The minimum Gasteiger partial charge on any atom is -0.506 e. The molecule has 1 aliphatic rings. The highest BCUT2D eigenvalue weighted by Crippen LogP contribution is 2.29. The van der Waals surface area contributed by atoms with E-state index < -0.39 is 0 Å². The van der Waals surface area contributed by atoms with Crippen LogP contribution in [-0.4, -0.2) is 18.2 Å². The maximum absolute atomic E-state index is 11.7. The summed E-state index contributed by atoms with van der Waals surface area (Å²) < 4.78 is 5.14. The number of rotatable bonds is 2. The Morgan fingerprint density at radius 2 is 1.95 bits per heavy atom. The first-order chi connectivity index (χ1) is 9.63. The Morgan fingerprint density at radius 3 is 2.70 bits per heavy atom. The minimum atomic E-state index is -0.384. The first-order valence-corrected chi connectivity index (χ1v) is 7.30. The van der Waals surface area contributed by atoms with Crippen molar-refractivity contribution in [3.63, 3.8) is 0 Å². The highest BCUT2D eigenvalue weighted by atomic mass is 35.5. The zero-order valence-electron chi connectivity index (χ0n) is 11.1. The van der Waals surface area contributed by atoms with E-state index in [-0.39, 0.29) is 16.4 Å². The summed E-state index contributed by atoms with van der Waals surface area (Å²) >= 11 is 5.97. The summed E-state index contributed by atoms with van der Waals surface area (Å²) in [7, 11) is 0. The second-order valence-electron chi connectivity index (χ2n) is 5.38. The van der Waals surface area contributed by atoms with Gasteiger partial charge in [0.05, 0.1) is 18.1 Å². The summed E-state index contributed by atoms with van der Waals surface area (Å²) in [4.78, 5) is 13.1. The van der Waals surface area contributed by atoms with E-state index in [1.165, 1.54) is 36.3 Å². The van der Waals surface area contributed by atoms with Crippen molar-refractivity contribution in [3.8, 4) is 5.75 Å². The molecule has 20 heavy (non-hydrogen) atoms. The molecule has 1 fully saturated rings. The Balaban J connectivity index is 2.04. The third-order valence-electron chi connectivity index (χ3n) is 3.90. The van der Waals surface area contributed by atoms with Crippen LogP contribution in [0.3, 0.4) is 0 Å². The number of quaternary nitrogens is 1. The summed E-state index contributed by atoms with van der Waals surface area (Å²) in [6.07, 6.45) is 3.76. The van der Waals surface area contributed by atoms with Gasteiger partial charge in [0.25, 0.3) is 0 Å². The van der Waals surface area contributed by atoms with Gasteiger partial charge in [-0.1, -0.05) is 11.6 Å². The van der Waals surface area contributed by atoms with E-state index in [1.54, 1.807) is 6.07 Å². The van der Waals surface area contributed by atoms with E-state index in [1.807, 2.05) is 0 Å². The maximum Gasteiger partial charge on any atom is 0.336 e. The van der Waals surface area contributed by atoms with Crippen LogP contribution in [0, 0.1) is 0 Å². The summed E-state index contributed by atoms with van der Waals surface area (Å²) in [6.45, 7) is 3.06. The normalized spacial score (nSPS) is 16.6. The fourth-order valence-electron chi connectivity index (χ4n) is 2.88. The number of piperidine rings is 1. The highest BCUT2D eigenvalue weighted by molar-refractivity contribution is 6.32. The lowest BCUT2D eigenvalue weighted by Gasteiger charge is -2.23. The van der Waals surface area contributed by atoms with Crippen LogP contribution in [0.1, 0.15) is 24.8 Å². The van der Waals surface area contributed by atoms with Gasteiger partial charge in [0, 0.05) is 23.1 Å². The van der Waals surface area contributed by atoms with Crippen molar-refractivity contribution in [1.29, 1.82) is 0 Å². The zero-order chi connectivity index (χ0) is 14.1. The highest BCUT2D eigenvalue weighted by Gasteiger charge is 2.17. The van der Waals surface area contributed by atoms with Crippen molar-refractivity contribution >= 4 is 22.6 Å². The Hall–Kier alpha value is -1.52. The van der Waals surface area contributed by atoms with Crippen LogP contribution >= 0.6 is 11.6 Å². The molecule has 2 heterocycles. The Kier molecular flexibility index (Phi) is 3.68. The molecule has 0 saturated carbocycles. The zero-order valence-corrected chi connectivity index (χ0v) is 11.9. The molecular formula is C15H17ClNO3+. The molecule has 0 radical (unpaired) electrons. The first kappa shape index (κ1) is 13.5. The van der Waals surface area contributed by atoms with Gasteiger partial charge < -0.3 is 14.4 Å². The molecule has 0 spiro atoms. The molecule has 0 bridgehead atoms. The van der Waals surface area contributed by atoms with Gasteiger partial charge in [0.15, 0.2) is 0 Å².